The van der Waals surface area contributed by atoms with Crippen molar-refractivity contribution in [2.24, 2.45) is 0 Å². The van der Waals surface area contributed by atoms with E-state index in [2.05, 4.69) is 0 Å². The van der Waals surface area contributed by atoms with Gasteiger partial charge in [-0.2, -0.15) is 70.2 Å². The van der Waals surface area contributed by atoms with Gasteiger partial charge >= 0.3 is 47.6 Å². The summed E-state index contributed by atoms with van der Waals surface area (Å²) in [4.78, 5) is 0. The first-order valence-electron chi connectivity index (χ1n) is 6.06. The molecule has 0 radical (unpaired) electrons. The van der Waals surface area contributed by atoms with Crippen LogP contribution in [0.1, 0.15) is 13.3 Å². The molecule has 1 N–H and O–H groups in total. The quantitative estimate of drug-likeness (QED) is 0.494. The van der Waals surface area contributed by atoms with Gasteiger partial charge in [0.1, 0.15) is 0 Å². The van der Waals surface area contributed by atoms with E-state index in [4.69, 9.17) is 5.11 Å². The highest BCUT2D eigenvalue weighted by Gasteiger charge is 2.94. The van der Waals surface area contributed by atoms with E-state index in [1.807, 2.05) is 0 Å². The maximum absolute atomic E-state index is 13.1. The third-order valence-corrected chi connectivity index (χ3v) is 3.25. The van der Waals surface area contributed by atoms with Gasteiger partial charge in [-0.15, -0.1) is 0 Å². The predicted octanol–water partition coefficient (Wildman–Crippen LogP) is 5.43. The summed E-state index contributed by atoms with van der Waals surface area (Å²) in [5, 5.41) is 7.44. The molecule has 0 saturated heterocycles. The lowest BCUT2D eigenvalue weighted by atomic mass is 9.88. The smallest absolute Gasteiger partial charge is 0.331 e. The van der Waals surface area contributed by atoms with Crippen molar-refractivity contribution >= 4 is 0 Å². The zero-order chi connectivity index (χ0) is 22.7. The summed E-state index contributed by atoms with van der Waals surface area (Å²) in [5.74, 6) is -55.0. The van der Waals surface area contributed by atoms with E-state index in [-0.39, 0.29) is 6.92 Å². The molecule has 27 heavy (non-hydrogen) atoms. The fraction of sp³-hybridized carbons (Fsp3) is 1.00. The van der Waals surface area contributed by atoms with Crippen molar-refractivity contribution in [1.29, 1.82) is 0 Å². The van der Waals surface area contributed by atoms with E-state index in [0.717, 1.165) is 0 Å². The average Bonchev–Trinajstić information content (AvgIpc) is 2.44. The molecular weight excluding hydrogens is 440 g/mol. The molecule has 0 spiro atoms. The second-order valence-electron chi connectivity index (χ2n) is 5.05. The van der Waals surface area contributed by atoms with E-state index < -0.39 is 54.0 Å². The number of hydrogen-bond acceptors (Lipinski definition) is 1. The van der Waals surface area contributed by atoms with Gasteiger partial charge in [0.05, 0.1) is 0 Å². The van der Waals surface area contributed by atoms with E-state index >= 15 is 0 Å². The zero-order valence-electron chi connectivity index (χ0n) is 12.2. The van der Waals surface area contributed by atoms with Crippen LogP contribution in [0, 0.1) is 0 Å². The molecule has 1 nitrogen and oxygen atoms in total. The largest absolute Gasteiger partial charge is 0.423 e. The SMILES string of the molecule is CCC(F)(F)C(F)(F)C(F)(F)C(F)(F)C(F)(F)C(F)(F)C(F)(F)C(O)(F)F. The highest BCUT2D eigenvalue weighted by Crippen LogP contribution is 2.63. The Morgan fingerprint density at radius 2 is 0.667 bits per heavy atom. The van der Waals surface area contributed by atoms with Crippen LogP contribution in [-0.4, -0.2) is 52.7 Å². The molecule has 0 atom stereocenters. The number of aliphatic hydroxyl groups is 1. The maximum Gasteiger partial charge on any atom is 0.423 e. The normalized spacial score (nSPS) is 16.7. The molecule has 0 aliphatic carbocycles. The van der Waals surface area contributed by atoms with Crippen molar-refractivity contribution in [3.63, 3.8) is 0 Å². The summed E-state index contributed by atoms with van der Waals surface area (Å²) in [6.45, 7) is -0.0463. The van der Waals surface area contributed by atoms with Crippen molar-refractivity contribution in [2.75, 3.05) is 0 Å². The molecule has 0 heterocycles. The summed E-state index contributed by atoms with van der Waals surface area (Å²) >= 11 is 0. The Bertz CT molecular complexity index is 544. The highest BCUT2D eigenvalue weighted by molar-refractivity contribution is 5.14. The fourth-order valence-electron chi connectivity index (χ4n) is 1.43. The molecule has 0 saturated carbocycles. The zero-order valence-corrected chi connectivity index (χ0v) is 12.2. The molecule has 0 bridgehead atoms. The van der Waals surface area contributed by atoms with Gasteiger partial charge in [-0.3, -0.25) is 0 Å². The Hall–Kier alpha value is -1.16. The van der Waals surface area contributed by atoms with E-state index in [9.17, 15) is 70.2 Å². The van der Waals surface area contributed by atoms with E-state index in [1.54, 1.807) is 0 Å². The molecule has 0 rings (SSSR count). The number of hydrogen-bond donors (Lipinski definition) is 1. The maximum atomic E-state index is 13.1. The molecule has 0 aromatic carbocycles. The highest BCUT2D eigenvalue weighted by atomic mass is 19.4. The van der Waals surface area contributed by atoms with Crippen LogP contribution in [0.15, 0.2) is 0 Å². The summed E-state index contributed by atoms with van der Waals surface area (Å²) in [6.07, 6.45) is -9.67. The number of halogens is 16. The minimum atomic E-state index is -8.48. The van der Waals surface area contributed by atoms with Crippen molar-refractivity contribution in [3.05, 3.63) is 0 Å². The lowest BCUT2D eigenvalue weighted by Crippen LogP contribution is -2.74. The van der Waals surface area contributed by atoms with Crippen molar-refractivity contribution in [1.82, 2.24) is 0 Å². The first kappa shape index (κ1) is 25.8. The molecule has 0 amide bonds. The predicted molar refractivity (Wildman–Crippen MR) is 52.1 cm³/mol. The van der Waals surface area contributed by atoms with Gasteiger partial charge in [0, 0.05) is 6.42 Å². The van der Waals surface area contributed by atoms with E-state index in [1.165, 1.54) is 0 Å². The third kappa shape index (κ3) is 3.08. The standard InChI is InChI=1S/C10H6F16O/c1-2-3(11,12)4(13,14)5(15,16)6(17,18)7(19,20)8(21,22)9(23,24)10(25,26)27/h27H,2H2,1H3. The minimum Gasteiger partial charge on any atom is -0.331 e. The van der Waals surface area contributed by atoms with Gasteiger partial charge in [0.25, 0.3) is 0 Å². The van der Waals surface area contributed by atoms with Gasteiger partial charge in [-0.1, -0.05) is 6.92 Å². The van der Waals surface area contributed by atoms with Crippen LogP contribution in [0.3, 0.4) is 0 Å². The summed E-state index contributed by atoms with van der Waals surface area (Å²) in [5.41, 5.74) is 0. The molecule has 0 aliphatic rings. The van der Waals surface area contributed by atoms with Gasteiger partial charge in [0.2, 0.25) is 0 Å². The topological polar surface area (TPSA) is 20.2 Å². The first-order chi connectivity index (χ1) is 11.3. The van der Waals surface area contributed by atoms with Crippen LogP contribution in [0.4, 0.5) is 70.2 Å². The molecular formula is C10H6F16O. The van der Waals surface area contributed by atoms with Crippen LogP contribution in [0.2, 0.25) is 0 Å². The molecule has 0 aromatic rings. The van der Waals surface area contributed by atoms with Crippen molar-refractivity contribution in [2.45, 2.75) is 60.9 Å². The van der Waals surface area contributed by atoms with Crippen molar-refractivity contribution < 1.29 is 75.4 Å². The van der Waals surface area contributed by atoms with Crippen LogP contribution < -0.4 is 0 Å². The number of alkyl halides is 16. The Kier molecular flexibility index (Phi) is 5.90. The molecule has 0 aliphatic heterocycles. The van der Waals surface area contributed by atoms with Crippen molar-refractivity contribution in [3.8, 4) is 0 Å². The average molecular weight is 446 g/mol. The minimum absolute atomic E-state index is 0.0463. The van der Waals surface area contributed by atoms with Crippen LogP contribution >= 0.6 is 0 Å². The van der Waals surface area contributed by atoms with E-state index in [0.29, 0.717) is 0 Å². The summed E-state index contributed by atoms with van der Waals surface area (Å²) in [6, 6.07) is 0. The summed E-state index contributed by atoms with van der Waals surface area (Å²) in [7, 11) is 0. The lowest BCUT2D eigenvalue weighted by Gasteiger charge is -2.42. The Morgan fingerprint density at radius 1 is 0.444 bits per heavy atom. The van der Waals surface area contributed by atoms with Gasteiger partial charge in [-0.25, -0.2) is 0 Å². The number of rotatable bonds is 8. The van der Waals surface area contributed by atoms with Gasteiger partial charge in [0.15, 0.2) is 0 Å². The van der Waals surface area contributed by atoms with Gasteiger partial charge < -0.3 is 5.11 Å². The lowest BCUT2D eigenvalue weighted by molar-refractivity contribution is -0.469. The second kappa shape index (κ2) is 6.17. The fourth-order valence-corrected chi connectivity index (χ4v) is 1.43. The Morgan fingerprint density at radius 3 is 0.889 bits per heavy atom. The third-order valence-electron chi connectivity index (χ3n) is 3.25. The second-order valence-corrected chi connectivity index (χ2v) is 5.05. The summed E-state index contributed by atoms with van der Waals surface area (Å²) < 4.78 is 205. The van der Waals surface area contributed by atoms with Crippen LogP contribution in [0.5, 0.6) is 0 Å². The van der Waals surface area contributed by atoms with Crippen LogP contribution in [0.25, 0.3) is 0 Å². The first-order valence-corrected chi connectivity index (χ1v) is 6.06. The molecule has 0 fully saturated rings. The monoisotopic (exact) mass is 446 g/mol. The Balaban J connectivity index is 6.65. The molecule has 0 unspecified atom stereocenters. The Labute approximate surface area is 137 Å². The van der Waals surface area contributed by atoms with Gasteiger partial charge in [-0.05, 0) is 0 Å². The molecule has 0 aromatic heterocycles. The molecule has 164 valence electrons. The van der Waals surface area contributed by atoms with Crippen LogP contribution in [-0.2, 0) is 0 Å². The molecule has 17 heteroatoms.